The van der Waals surface area contributed by atoms with Gasteiger partial charge in [0.2, 0.25) is 0 Å². The van der Waals surface area contributed by atoms with Crippen molar-refractivity contribution in [1.82, 2.24) is 5.32 Å². The van der Waals surface area contributed by atoms with E-state index in [-0.39, 0.29) is 12.6 Å². The Labute approximate surface area is 151 Å². The van der Waals surface area contributed by atoms with Gasteiger partial charge in [0.15, 0.2) is 12.1 Å². The number of carbonyl (C=O) groups is 1. The van der Waals surface area contributed by atoms with E-state index in [0.29, 0.717) is 6.61 Å². The highest BCUT2D eigenvalue weighted by Crippen LogP contribution is 2.40. The van der Waals surface area contributed by atoms with E-state index >= 15 is 0 Å². The fraction of sp³-hybridized carbons (Fsp3) is 0.611. The standard InChI is InChI=1S/C18H23NO7/c1-18(2)25-15-12(20)14(24-16(15)26-18)13-11(9-22-13)19-17(21)23-8-10-6-4-3-5-7-10/h3-7,11-16,20H,8-9H2,1-2H3,(H,19,21)/t11-,12+,13-,14+,15-,16-/m1/s1. The second-order valence-corrected chi connectivity index (χ2v) is 7.17. The molecule has 2 N–H and O–H groups in total. The van der Waals surface area contributed by atoms with Crippen LogP contribution in [-0.4, -0.2) is 60.3 Å². The highest BCUT2D eigenvalue weighted by molar-refractivity contribution is 5.67. The van der Waals surface area contributed by atoms with Crippen molar-refractivity contribution in [3.63, 3.8) is 0 Å². The summed E-state index contributed by atoms with van der Waals surface area (Å²) in [6.07, 6.45) is -3.74. The molecule has 3 saturated heterocycles. The van der Waals surface area contributed by atoms with Crippen molar-refractivity contribution in [2.45, 2.75) is 63.0 Å². The van der Waals surface area contributed by atoms with Crippen LogP contribution in [0.3, 0.4) is 0 Å². The van der Waals surface area contributed by atoms with Crippen molar-refractivity contribution in [3.8, 4) is 0 Å². The summed E-state index contributed by atoms with van der Waals surface area (Å²) in [5.74, 6) is -0.791. The molecule has 6 atom stereocenters. The molecule has 1 aromatic carbocycles. The monoisotopic (exact) mass is 365 g/mol. The maximum absolute atomic E-state index is 12.0. The Morgan fingerprint density at radius 1 is 1.23 bits per heavy atom. The molecule has 3 aliphatic heterocycles. The van der Waals surface area contributed by atoms with Gasteiger partial charge in [0.25, 0.3) is 0 Å². The molecule has 0 radical (unpaired) electrons. The van der Waals surface area contributed by atoms with Crippen LogP contribution in [0.1, 0.15) is 19.4 Å². The van der Waals surface area contributed by atoms with Gasteiger partial charge >= 0.3 is 6.09 Å². The molecule has 3 fully saturated rings. The minimum Gasteiger partial charge on any atom is -0.445 e. The van der Waals surface area contributed by atoms with Crippen LogP contribution in [0.4, 0.5) is 4.79 Å². The van der Waals surface area contributed by atoms with Gasteiger partial charge in [0, 0.05) is 0 Å². The lowest BCUT2D eigenvalue weighted by Gasteiger charge is -2.41. The second-order valence-electron chi connectivity index (χ2n) is 7.17. The summed E-state index contributed by atoms with van der Waals surface area (Å²) in [5, 5.41) is 13.2. The van der Waals surface area contributed by atoms with Crippen molar-refractivity contribution < 1.29 is 33.6 Å². The average molecular weight is 365 g/mol. The maximum atomic E-state index is 12.0. The van der Waals surface area contributed by atoms with E-state index in [4.69, 9.17) is 23.7 Å². The Morgan fingerprint density at radius 3 is 2.65 bits per heavy atom. The molecular weight excluding hydrogens is 342 g/mol. The van der Waals surface area contributed by atoms with Crippen LogP contribution < -0.4 is 5.32 Å². The summed E-state index contributed by atoms with van der Waals surface area (Å²) in [5.41, 5.74) is 0.906. The van der Waals surface area contributed by atoms with Gasteiger partial charge in [-0.15, -0.1) is 0 Å². The number of hydrogen-bond donors (Lipinski definition) is 2. The van der Waals surface area contributed by atoms with E-state index in [1.165, 1.54) is 0 Å². The molecular formula is C18H23NO7. The molecule has 0 aromatic heterocycles. The summed E-state index contributed by atoms with van der Waals surface area (Å²) in [4.78, 5) is 12.0. The van der Waals surface area contributed by atoms with E-state index in [1.54, 1.807) is 13.8 Å². The molecule has 26 heavy (non-hydrogen) atoms. The number of aliphatic hydroxyl groups is 1. The normalized spacial score (nSPS) is 37.7. The summed E-state index contributed by atoms with van der Waals surface area (Å²) in [7, 11) is 0. The summed E-state index contributed by atoms with van der Waals surface area (Å²) < 4.78 is 27.8. The minimum atomic E-state index is -0.892. The molecule has 8 heteroatoms. The molecule has 0 unspecified atom stereocenters. The fourth-order valence-corrected chi connectivity index (χ4v) is 3.46. The van der Waals surface area contributed by atoms with Crippen molar-refractivity contribution >= 4 is 6.09 Å². The molecule has 0 saturated carbocycles. The van der Waals surface area contributed by atoms with E-state index in [9.17, 15) is 9.90 Å². The lowest BCUT2D eigenvalue weighted by Crippen LogP contribution is -2.62. The lowest BCUT2D eigenvalue weighted by atomic mass is 9.96. The van der Waals surface area contributed by atoms with E-state index in [2.05, 4.69) is 5.32 Å². The van der Waals surface area contributed by atoms with Gasteiger partial charge in [0.1, 0.15) is 31.0 Å². The number of hydrogen-bond acceptors (Lipinski definition) is 7. The number of fused-ring (bicyclic) bond motifs is 1. The van der Waals surface area contributed by atoms with Gasteiger partial charge in [-0.3, -0.25) is 0 Å². The highest BCUT2D eigenvalue weighted by Gasteiger charge is 2.58. The van der Waals surface area contributed by atoms with Gasteiger partial charge in [-0.1, -0.05) is 30.3 Å². The summed E-state index contributed by atoms with van der Waals surface area (Å²) in [6.45, 7) is 4.06. The minimum absolute atomic E-state index is 0.189. The molecule has 142 valence electrons. The van der Waals surface area contributed by atoms with Crippen LogP contribution in [0.15, 0.2) is 30.3 Å². The zero-order valence-electron chi connectivity index (χ0n) is 14.7. The first kappa shape index (κ1) is 17.7. The molecule has 1 aromatic rings. The van der Waals surface area contributed by atoms with Crippen molar-refractivity contribution in [1.29, 1.82) is 0 Å². The van der Waals surface area contributed by atoms with E-state index in [1.807, 2.05) is 30.3 Å². The van der Waals surface area contributed by atoms with E-state index in [0.717, 1.165) is 5.56 Å². The van der Waals surface area contributed by atoms with Crippen LogP contribution in [0.25, 0.3) is 0 Å². The number of carbonyl (C=O) groups excluding carboxylic acids is 1. The third-order valence-corrected chi connectivity index (χ3v) is 4.76. The first-order chi connectivity index (χ1) is 12.4. The Balaban J connectivity index is 1.28. The van der Waals surface area contributed by atoms with Crippen LogP contribution >= 0.6 is 0 Å². The number of rotatable bonds is 4. The van der Waals surface area contributed by atoms with Crippen LogP contribution in [0.5, 0.6) is 0 Å². The maximum Gasteiger partial charge on any atom is 0.407 e. The van der Waals surface area contributed by atoms with Crippen LogP contribution in [-0.2, 0) is 30.3 Å². The van der Waals surface area contributed by atoms with Gasteiger partial charge in [-0.05, 0) is 19.4 Å². The molecule has 0 bridgehead atoms. The predicted molar refractivity (Wildman–Crippen MR) is 88.0 cm³/mol. The molecule has 3 heterocycles. The van der Waals surface area contributed by atoms with Gasteiger partial charge in [-0.25, -0.2) is 4.79 Å². The lowest BCUT2D eigenvalue weighted by molar-refractivity contribution is -0.246. The summed E-state index contributed by atoms with van der Waals surface area (Å²) >= 11 is 0. The highest BCUT2D eigenvalue weighted by atomic mass is 16.8. The average Bonchev–Trinajstić information content (AvgIpc) is 3.04. The number of ether oxygens (including phenoxy) is 5. The Kier molecular flexibility index (Phi) is 4.62. The van der Waals surface area contributed by atoms with Crippen LogP contribution in [0, 0.1) is 0 Å². The van der Waals surface area contributed by atoms with Crippen LogP contribution in [0.2, 0.25) is 0 Å². The number of aliphatic hydroxyl groups excluding tert-OH is 1. The number of amides is 1. The Bertz CT molecular complexity index is 652. The number of nitrogens with one attached hydrogen (secondary N) is 1. The molecule has 3 aliphatic rings. The first-order valence-corrected chi connectivity index (χ1v) is 8.71. The first-order valence-electron chi connectivity index (χ1n) is 8.71. The summed E-state index contributed by atoms with van der Waals surface area (Å²) in [6, 6.07) is 9.12. The quantitative estimate of drug-likeness (QED) is 0.819. The largest absolute Gasteiger partial charge is 0.445 e. The fourth-order valence-electron chi connectivity index (χ4n) is 3.46. The number of benzene rings is 1. The zero-order chi connectivity index (χ0) is 18.3. The molecule has 8 nitrogen and oxygen atoms in total. The topological polar surface area (TPSA) is 95.5 Å². The predicted octanol–water partition coefficient (Wildman–Crippen LogP) is 0.917. The molecule has 0 aliphatic carbocycles. The second kappa shape index (κ2) is 6.79. The Hall–Kier alpha value is -1.71. The number of alkyl carbamates (subject to hydrolysis) is 1. The van der Waals surface area contributed by atoms with Crippen molar-refractivity contribution in [3.05, 3.63) is 35.9 Å². The Morgan fingerprint density at radius 2 is 2.00 bits per heavy atom. The van der Waals surface area contributed by atoms with Gasteiger partial charge in [-0.2, -0.15) is 0 Å². The third kappa shape index (κ3) is 3.43. The zero-order valence-corrected chi connectivity index (χ0v) is 14.7. The molecule has 0 spiro atoms. The molecule has 4 rings (SSSR count). The van der Waals surface area contributed by atoms with Crippen molar-refractivity contribution in [2.75, 3.05) is 6.61 Å². The van der Waals surface area contributed by atoms with Gasteiger partial charge in [0.05, 0.1) is 12.6 Å². The molecule has 1 amide bonds. The van der Waals surface area contributed by atoms with E-state index < -0.39 is 42.6 Å². The smallest absolute Gasteiger partial charge is 0.407 e. The van der Waals surface area contributed by atoms with Gasteiger partial charge < -0.3 is 34.1 Å². The SMILES string of the molecule is CC1(C)O[C@H]2O[C@H]([C@@H]3OC[C@H]3NC(=O)OCc3ccccc3)[C@H](O)[C@H]2O1. The van der Waals surface area contributed by atoms with Crippen molar-refractivity contribution in [2.24, 2.45) is 0 Å². The third-order valence-electron chi connectivity index (χ3n) is 4.76.